The second kappa shape index (κ2) is 10.3. The summed E-state index contributed by atoms with van der Waals surface area (Å²) >= 11 is 0. The molecule has 1 aromatic heterocycles. The Morgan fingerprint density at radius 1 is 0.975 bits per heavy atom. The molecule has 40 heavy (non-hydrogen) atoms. The third-order valence-corrected chi connectivity index (χ3v) is 8.28. The summed E-state index contributed by atoms with van der Waals surface area (Å²) in [5.74, 6) is 1.30. The lowest BCUT2D eigenvalue weighted by atomic mass is 10.00. The number of hydrogen-bond acceptors (Lipinski definition) is 3. The number of anilines is 1. The number of hydrogen-bond donors (Lipinski definition) is 1. The van der Waals surface area contributed by atoms with E-state index in [-0.39, 0.29) is 17.7 Å². The second-order valence-electron chi connectivity index (χ2n) is 11.0. The Balaban J connectivity index is 1.34. The molecule has 2 heterocycles. The summed E-state index contributed by atoms with van der Waals surface area (Å²) in [6, 6.07) is 18.2. The average Bonchev–Trinajstić information content (AvgIpc) is 3.61. The molecule has 1 aliphatic heterocycles. The molecular weight excluding hydrogens is 513 g/mol. The molecule has 0 bridgehead atoms. The smallest absolute Gasteiger partial charge is 0.388 e. The number of carbonyl (C=O) groups is 1. The number of nitrogens with zero attached hydrogens (tertiary/aromatic N) is 3. The summed E-state index contributed by atoms with van der Waals surface area (Å²) in [5, 5.41) is 3.27. The van der Waals surface area contributed by atoms with Crippen LogP contribution in [0.2, 0.25) is 0 Å². The number of halogens is 3. The predicted molar refractivity (Wildman–Crippen MR) is 152 cm³/mol. The number of amides is 1. The third kappa shape index (κ3) is 5.07. The predicted octanol–water partition coefficient (Wildman–Crippen LogP) is 7.25. The number of carbonyl (C=O) groups excluding carboxylic acids is 1. The van der Waals surface area contributed by atoms with Gasteiger partial charge in [0.2, 0.25) is 5.91 Å². The molecule has 3 aromatic carbocycles. The van der Waals surface area contributed by atoms with Crippen LogP contribution in [-0.2, 0) is 23.9 Å². The fraction of sp³-hybridized carbons (Fsp3) is 0.375. The standard InChI is InChI=1S/C32H33F3N4O/c1-3-21-4-11-25(16-27(21)36-2)22-5-7-23(8-6-22)30-37-28-17-26(32(33,34)35)12-13-29(28)39(30)19-20-14-15-38(18-20)31(40)24-9-10-24/h4-8,11-13,16-17,20,24,36H,3,9-10,14-15,18-19H2,1-2H3. The molecule has 1 atom stereocenters. The zero-order chi connectivity index (χ0) is 28.0. The number of likely N-dealkylation sites (tertiary alicyclic amines) is 1. The summed E-state index contributed by atoms with van der Waals surface area (Å²) in [6.07, 6.45) is -0.665. The molecule has 2 fully saturated rings. The van der Waals surface area contributed by atoms with E-state index in [1.807, 2.05) is 40.8 Å². The summed E-state index contributed by atoms with van der Waals surface area (Å²) < 4.78 is 42.5. The SMILES string of the molecule is CCc1ccc(-c2ccc(-c3nc4cc(C(F)(F)F)ccc4n3CC3CCN(C(=O)C4CC4)C3)cc2)cc1NC. The maximum Gasteiger partial charge on any atom is 0.416 e. The van der Waals surface area contributed by atoms with Crippen LogP contribution in [0, 0.1) is 11.8 Å². The quantitative estimate of drug-likeness (QED) is 0.266. The van der Waals surface area contributed by atoms with Crippen LogP contribution in [0.5, 0.6) is 0 Å². The van der Waals surface area contributed by atoms with Crippen molar-refractivity contribution in [3.05, 3.63) is 71.8 Å². The zero-order valence-electron chi connectivity index (χ0n) is 22.8. The Morgan fingerprint density at radius 3 is 2.38 bits per heavy atom. The fourth-order valence-corrected chi connectivity index (χ4v) is 5.85. The van der Waals surface area contributed by atoms with E-state index < -0.39 is 11.7 Å². The minimum Gasteiger partial charge on any atom is -0.388 e. The highest BCUT2D eigenvalue weighted by Crippen LogP contribution is 2.36. The number of aromatic nitrogens is 2. The van der Waals surface area contributed by atoms with Gasteiger partial charge >= 0.3 is 6.18 Å². The summed E-state index contributed by atoms with van der Waals surface area (Å²) in [5.41, 5.74) is 5.62. The minimum absolute atomic E-state index is 0.185. The second-order valence-corrected chi connectivity index (χ2v) is 11.0. The highest BCUT2D eigenvalue weighted by Gasteiger charge is 2.37. The van der Waals surface area contributed by atoms with Gasteiger partial charge in [-0.2, -0.15) is 13.2 Å². The van der Waals surface area contributed by atoms with Gasteiger partial charge < -0.3 is 14.8 Å². The van der Waals surface area contributed by atoms with E-state index in [9.17, 15) is 18.0 Å². The van der Waals surface area contributed by atoms with Crippen molar-refractivity contribution in [2.75, 3.05) is 25.5 Å². The first-order chi connectivity index (χ1) is 19.2. The number of imidazole rings is 1. The number of rotatable bonds is 7. The first-order valence-corrected chi connectivity index (χ1v) is 14.0. The Kier molecular flexibility index (Phi) is 6.80. The molecule has 1 unspecified atom stereocenters. The molecule has 1 N–H and O–H groups in total. The van der Waals surface area contributed by atoms with Crippen LogP contribution in [-0.4, -0.2) is 40.5 Å². The molecule has 5 nitrogen and oxygen atoms in total. The third-order valence-electron chi connectivity index (χ3n) is 8.28. The van der Waals surface area contributed by atoms with Crippen LogP contribution in [0.4, 0.5) is 18.9 Å². The van der Waals surface area contributed by atoms with E-state index in [4.69, 9.17) is 4.98 Å². The van der Waals surface area contributed by atoms with Gasteiger partial charge in [-0.05, 0) is 72.6 Å². The van der Waals surface area contributed by atoms with E-state index >= 15 is 0 Å². The van der Waals surface area contributed by atoms with Crippen LogP contribution >= 0.6 is 0 Å². The van der Waals surface area contributed by atoms with E-state index in [1.165, 1.54) is 11.6 Å². The number of alkyl halides is 3. The van der Waals surface area contributed by atoms with Crippen molar-refractivity contribution >= 4 is 22.6 Å². The Bertz CT molecular complexity index is 1550. The van der Waals surface area contributed by atoms with Gasteiger partial charge in [0.15, 0.2) is 0 Å². The van der Waals surface area contributed by atoms with E-state index in [1.54, 1.807) is 0 Å². The van der Waals surface area contributed by atoms with E-state index in [2.05, 4.69) is 30.4 Å². The van der Waals surface area contributed by atoms with Crippen molar-refractivity contribution in [3.63, 3.8) is 0 Å². The summed E-state index contributed by atoms with van der Waals surface area (Å²) in [4.78, 5) is 19.3. The maximum absolute atomic E-state index is 13.5. The molecule has 1 amide bonds. The highest BCUT2D eigenvalue weighted by molar-refractivity contribution is 5.83. The number of aryl methyl sites for hydroxylation is 1. The van der Waals surface area contributed by atoms with Gasteiger partial charge in [-0.3, -0.25) is 4.79 Å². The van der Waals surface area contributed by atoms with Crippen molar-refractivity contribution in [1.82, 2.24) is 14.5 Å². The Morgan fingerprint density at radius 2 is 1.70 bits per heavy atom. The summed E-state index contributed by atoms with van der Waals surface area (Å²) in [7, 11) is 1.92. The fourth-order valence-electron chi connectivity index (χ4n) is 5.85. The monoisotopic (exact) mass is 546 g/mol. The van der Waals surface area contributed by atoms with Crippen LogP contribution in [0.1, 0.15) is 37.3 Å². The van der Waals surface area contributed by atoms with E-state index in [0.717, 1.165) is 66.7 Å². The highest BCUT2D eigenvalue weighted by atomic mass is 19.4. The number of nitrogens with one attached hydrogen (secondary N) is 1. The van der Waals surface area contributed by atoms with Crippen molar-refractivity contribution in [1.29, 1.82) is 0 Å². The Hall–Kier alpha value is -3.81. The first-order valence-electron chi connectivity index (χ1n) is 14.0. The number of benzene rings is 3. The molecule has 1 saturated carbocycles. The minimum atomic E-state index is -4.44. The Labute approximate surface area is 232 Å². The van der Waals surface area contributed by atoms with Crippen LogP contribution < -0.4 is 5.32 Å². The van der Waals surface area contributed by atoms with Crippen LogP contribution in [0.15, 0.2) is 60.7 Å². The molecule has 0 spiro atoms. The average molecular weight is 547 g/mol. The molecule has 1 aliphatic carbocycles. The molecule has 2 aliphatic rings. The van der Waals surface area contributed by atoms with Gasteiger partial charge in [0.1, 0.15) is 5.82 Å². The zero-order valence-corrected chi connectivity index (χ0v) is 22.8. The van der Waals surface area contributed by atoms with Gasteiger partial charge in [-0.1, -0.05) is 43.3 Å². The molecule has 8 heteroatoms. The van der Waals surface area contributed by atoms with Gasteiger partial charge in [0.05, 0.1) is 16.6 Å². The molecular formula is C32H33F3N4O. The van der Waals surface area contributed by atoms with Gasteiger partial charge in [-0.15, -0.1) is 0 Å². The van der Waals surface area contributed by atoms with Gasteiger partial charge in [0, 0.05) is 43.9 Å². The van der Waals surface area contributed by atoms with Crippen molar-refractivity contribution in [2.24, 2.45) is 11.8 Å². The molecule has 4 aromatic rings. The first kappa shape index (κ1) is 26.4. The number of fused-ring (bicyclic) bond motifs is 1. The van der Waals surface area contributed by atoms with Gasteiger partial charge in [-0.25, -0.2) is 4.98 Å². The lowest BCUT2D eigenvalue weighted by Crippen LogP contribution is -2.30. The molecule has 6 rings (SSSR count). The molecule has 0 radical (unpaired) electrons. The van der Waals surface area contributed by atoms with Crippen LogP contribution in [0.25, 0.3) is 33.5 Å². The summed E-state index contributed by atoms with van der Waals surface area (Å²) in [6.45, 7) is 4.13. The van der Waals surface area contributed by atoms with Gasteiger partial charge in [0.25, 0.3) is 0 Å². The molecule has 1 saturated heterocycles. The normalized spacial score (nSPS) is 17.5. The lowest BCUT2D eigenvalue weighted by molar-refractivity contribution is -0.137. The topological polar surface area (TPSA) is 50.2 Å². The largest absolute Gasteiger partial charge is 0.416 e. The van der Waals surface area contributed by atoms with Crippen molar-refractivity contribution in [3.8, 4) is 22.5 Å². The van der Waals surface area contributed by atoms with E-state index in [0.29, 0.717) is 29.9 Å². The van der Waals surface area contributed by atoms with Crippen molar-refractivity contribution < 1.29 is 18.0 Å². The van der Waals surface area contributed by atoms with Crippen molar-refractivity contribution in [2.45, 2.75) is 45.3 Å². The molecule has 208 valence electrons. The lowest BCUT2D eigenvalue weighted by Gasteiger charge is -2.18. The maximum atomic E-state index is 13.5. The van der Waals surface area contributed by atoms with Crippen LogP contribution in [0.3, 0.4) is 0 Å².